The molecule has 20 heavy (non-hydrogen) atoms. The third-order valence-corrected chi connectivity index (χ3v) is 4.59. The molecule has 0 saturated carbocycles. The maximum absolute atomic E-state index is 5.85. The van der Waals surface area contributed by atoms with Gasteiger partial charge >= 0.3 is 0 Å². The van der Waals surface area contributed by atoms with Crippen molar-refractivity contribution in [3.63, 3.8) is 0 Å². The number of rotatable bonds is 6. The SMILES string of the molecule is COc1ccccc1CC(NN)C(C)(C)N1CCCC1. The van der Waals surface area contributed by atoms with Crippen LogP contribution < -0.4 is 16.0 Å². The summed E-state index contributed by atoms with van der Waals surface area (Å²) < 4.78 is 5.45. The summed E-state index contributed by atoms with van der Waals surface area (Å²) in [6.45, 7) is 6.88. The molecule has 1 saturated heterocycles. The topological polar surface area (TPSA) is 50.5 Å². The first-order valence-corrected chi connectivity index (χ1v) is 7.42. The fourth-order valence-electron chi connectivity index (χ4n) is 3.12. The Bertz CT molecular complexity index is 427. The second-order valence-electron chi connectivity index (χ2n) is 6.08. The molecule has 0 amide bonds. The van der Waals surface area contributed by atoms with Crippen molar-refractivity contribution in [2.75, 3.05) is 20.2 Å². The van der Waals surface area contributed by atoms with E-state index < -0.39 is 0 Å². The smallest absolute Gasteiger partial charge is 0.122 e. The Balaban J connectivity index is 2.15. The van der Waals surface area contributed by atoms with Crippen LogP contribution >= 0.6 is 0 Å². The number of ether oxygens (including phenoxy) is 1. The molecule has 0 aromatic heterocycles. The number of methoxy groups -OCH3 is 1. The van der Waals surface area contributed by atoms with E-state index in [1.165, 1.54) is 18.4 Å². The van der Waals surface area contributed by atoms with E-state index in [0.717, 1.165) is 25.3 Å². The van der Waals surface area contributed by atoms with Gasteiger partial charge in [0.05, 0.1) is 7.11 Å². The highest BCUT2D eigenvalue weighted by atomic mass is 16.5. The highest BCUT2D eigenvalue weighted by molar-refractivity contribution is 5.34. The fraction of sp³-hybridized carbons (Fsp3) is 0.625. The van der Waals surface area contributed by atoms with E-state index in [4.69, 9.17) is 10.6 Å². The van der Waals surface area contributed by atoms with Gasteiger partial charge in [-0.3, -0.25) is 16.2 Å². The molecule has 1 aliphatic heterocycles. The van der Waals surface area contributed by atoms with Gasteiger partial charge in [-0.25, -0.2) is 0 Å². The zero-order valence-corrected chi connectivity index (χ0v) is 12.9. The first-order valence-electron chi connectivity index (χ1n) is 7.42. The van der Waals surface area contributed by atoms with Crippen molar-refractivity contribution >= 4 is 0 Å². The number of nitrogens with one attached hydrogen (secondary N) is 1. The van der Waals surface area contributed by atoms with Crippen LogP contribution in [0.25, 0.3) is 0 Å². The Morgan fingerprint density at radius 2 is 1.95 bits per heavy atom. The largest absolute Gasteiger partial charge is 0.496 e. The van der Waals surface area contributed by atoms with Crippen molar-refractivity contribution in [3.05, 3.63) is 29.8 Å². The molecule has 0 aliphatic carbocycles. The summed E-state index contributed by atoms with van der Waals surface area (Å²) in [6.07, 6.45) is 3.44. The Hall–Kier alpha value is -1.10. The Kier molecular flexibility index (Phi) is 5.02. The average molecular weight is 277 g/mol. The average Bonchev–Trinajstić information content (AvgIpc) is 2.99. The molecule has 3 N–H and O–H groups in total. The summed E-state index contributed by atoms with van der Waals surface area (Å²) >= 11 is 0. The predicted octanol–water partition coefficient (Wildman–Crippen LogP) is 1.94. The van der Waals surface area contributed by atoms with E-state index in [9.17, 15) is 0 Å². The number of hydrogen-bond acceptors (Lipinski definition) is 4. The van der Waals surface area contributed by atoms with Gasteiger partial charge < -0.3 is 4.74 Å². The van der Waals surface area contributed by atoms with Crippen LogP contribution in [0.15, 0.2) is 24.3 Å². The van der Waals surface area contributed by atoms with Crippen LogP contribution in [0.2, 0.25) is 0 Å². The van der Waals surface area contributed by atoms with Crippen LogP contribution in [-0.2, 0) is 6.42 Å². The number of hydrogen-bond donors (Lipinski definition) is 2. The molecule has 112 valence electrons. The Morgan fingerprint density at radius 3 is 2.55 bits per heavy atom. The van der Waals surface area contributed by atoms with Gasteiger partial charge in [-0.2, -0.15) is 0 Å². The lowest BCUT2D eigenvalue weighted by Gasteiger charge is -2.42. The van der Waals surface area contributed by atoms with Crippen LogP contribution in [0, 0.1) is 0 Å². The molecular formula is C16H27N3O. The van der Waals surface area contributed by atoms with Crippen molar-refractivity contribution in [1.82, 2.24) is 10.3 Å². The quantitative estimate of drug-likeness (QED) is 0.616. The molecule has 1 aromatic rings. The van der Waals surface area contributed by atoms with Gasteiger partial charge in [-0.1, -0.05) is 18.2 Å². The van der Waals surface area contributed by atoms with Gasteiger partial charge in [0, 0.05) is 11.6 Å². The van der Waals surface area contributed by atoms with Crippen LogP contribution in [0.5, 0.6) is 5.75 Å². The molecule has 1 unspecified atom stereocenters. The van der Waals surface area contributed by atoms with Gasteiger partial charge in [-0.05, 0) is 57.8 Å². The highest BCUT2D eigenvalue weighted by Crippen LogP contribution is 2.28. The van der Waals surface area contributed by atoms with Gasteiger partial charge in [0.25, 0.3) is 0 Å². The zero-order valence-electron chi connectivity index (χ0n) is 12.9. The molecule has 0 bridgehead atoms. The lowest BCUT2D eigenvalue weighted by atomic mass is 9.88. The molecule has 1 aliphatic rings. The van der Waals surface area contributed by atoms with Crippen molar-refractivity contribution in [1.29, 1.82) is 0 Å². The van der Waals surface area contributed by atoms with Gasteiger partial charge in [0.1, 0.15) is 5.75 Å². The summed E-state index contributed by atoms with van der Waals surface area (Å²) in [4.78, 5) is 2.53. The van der Waals surface area contributed by atoms with E-state index in [1.54, 1.807) is 7.11 Å². The molecule has 0 spiro atoms. The summed E-state index contributed by atoms with van der Waals surface area (Å²) in [6, 6.07) is 8.36. The minimum Gasteiger partial charge on any atom is -0.496 e. The number of likely N-dealkylation sites (tertiary alicyclic amines) is 1. The molecule has 4 nitrogen and oxygen atoms in total. The predicted molar refractivity (Wildman–Crippen MR) is 82.7 cm³/mol. The molecule has 1 aromatic carbocycles. The Morgan fingerprint density at radius 1 is 1.30 bits per heavy atom. The normalized spacial score (nSPS) is 18.2. The van der Waals surface area contributed by atoms with Crippen molar-refractivity contribution in [2.45, 2.75) is 44.7 Å². The first kappa shape index (κ1) is 15.3. The van der Waals surface area contributed by atoms with Crippen molar-refractivity contribution in [3.8, 4) is 5.75 Å². The van der Waals surface area contributed by atoms with Crippen LogP contribution in [-0.4, -0.2) is 36.7 Å². The van der Waals surface area contributed by atoms with E-state index >= 15 is 0 Å². The molecule has 2 rings (SSSR count). The second-order valence-corrected chi connectivity index (χ2v) is 6.08. The number of nitrogens with zero attached hydrogens (tertiary/aromatic N) is 1. The summed E-state index contributed by atoms with van der Waals surface area (Å²) in [5.41, 5.74) is 4.25. The van der Waals surface area contributed by atoms with E-state index in [2.05, 4.69) is 30.2 Å². The second kappa shape index (κ2) is 6.57. The lowest BCUT2D eigenvalue weighted by molar-refractivity contribution is 0.106. The molecule has 1 fully saturated rings. The minimum absolute atomic E-state index is 0.0338. The summed E-state index contributed by atoms with van der Waals surface area (Å²) in [5, 5.41) is 0. The number of nitrogens with two attached hydrogens (primary N) is 1. The first-order chi connectivity index (χ1) is 9.59. The summed E-state index contributed by atoms with van der Waals surface area (Å²) in [5.74, 6) is 6.78. The van der Waals surface area contributed by atoms with Crippen LogP contribution in [0.4, 0.5) is 0 Å². The van der Waals surface area contributed by atoms with Crippen molar-refractivity contribution in [2.24, 2.45) is 5.84 Å². The third-order valence-electron chi connectivity index (χ3n) is 4.59. The van der Waals surface area contributed by atoms with Crippen LogP contribution in [0.3, 0.4) is 0 Å². The lowest BCUT2D eigenvalue weighted by Crippen LogP contribution is -2.59. The monoisotopic (exact) mass is 277 g/mol. The van der Waals surface area contributed by atoms with E-state index in [-0.39, 0.29) is 11.6 Å². The Labute approximate surface area is 122 Å². The molecule has 0 radical (unpaired) electrons. The fourth-order valence-corrected chi connectivity index (χ4v) is 3.12. The maximum atomic E-state index is 5.85. The molecular weight excluding hydrogens is 250 g/mol. The third kappa shape index (κ3) is 3.14. The minimum atomic E-state index is 0.0338. The summed E-state index contributed by atoms with van der Waals surface area (Å²) in [7, 11) is 1.72. The van der Waals surface area contributed by atoms with E-state index in [1.807, 2.05) is 18.2 Å². The van der Waals surface area contributed by atoms with Crippen molar-refractivity contribution < 1.29 is 4.74 Å². The zero-order chi connectivity index (χ0) is 14.6. The highest BCUT2D eigenvalue weighted by Gasteiger charge is 2.36. The molecule has 1 heterocycles. The number of para-hydroxylation sites is 1. The van der Waals surface area contributed by atoms with Gasteiger partial charge in [-0.15, -0.1) is 0 Å². The van der Waals surface area contributed by atoms with Gasteiger partial charge in [0.2, 0.25) is 0 Å². The number of hydrazine groups is 1. The standard InChI is InChI=1S/C16H27N3O/c1-16(2,19-10-6-7-11-19)15(18-17)12-13-8-4-5-9-14(13)20-3/h4-5,8-9,15,18H,6-7,10-12,17H2,1-3H3. The molecule has 1 atom stereocenters. The van der Waals surface area contributed by atoms with Crippen LogP contribution in [0.1, 0.15) is 32.3 Å². The molecule has 4 heteroatoms. The van der Waals surface area contributed by atoms with Gasteiger partial charge in [0.15, 0.2) is 0 Å². The number of benzene rings is 1. The maximum Gasteiger partial charge on any atom is 0.122 e. The van der Waals surface area contributed by atoms with E-state index in [0.29, 0.717) is 0 Å².